The molecule has 1 unspecified atom stereocenters. The van der Waals surface area contributed by atoms with E-state index in [1.165, 1.54) is 0 Å². The molecule has 2 heterocycles. The summed E-state index contributed by atoms with van der Waals surface area (Å²) in [6.45, 7) is 6.81. The highest BCUT2D eigenvalue weighted by atomic mass is 16.1. The van der Waals surface area contributed by atoms with Gasteiger partial charge in [0.2, 0.25) is 0 Å². The van der Waals surface area contributed by atoms with Gasteiger partial charge in [-0.25, -0.2) is 0 Å². The first kappa shape index (κ1) is 8.56. The van der Waals surface area contributed by atoms with Crippen molar-refractivity contribution >= 4 is 0 Å². The van der Waals surface area contributed by atoms with E-state index in [-0.39, 0.29) is 17.6 Å². The second-order valence-electron chi connectivity index (χ2n) is 3.88. The molecule has 2 rings (SSSR count). The molecule has 0 radical (unpaired) electrons. The lowest BCUT2D eigenvalue weighted by Crippen LogP contribution is -2.24. The standard InChI is InChI=1S/C9H15N3O/c1-5(2)12-9(13)8-6(3)10-4-7(8)11-12/h5-6,10-11H,4H2,1-3H3. The second-order valence-corrected chi connectivity index (χ2v) is 3.88. The van der Waals surface area contributed by atoms with Gasteiger partial charge < -0.3 is 5.32 Å². The lowest BCUT2D eigenvalue weighted by Gasteiger charge is -2.06. The normalized spacial score (nSPS) is 21.1. The highest BCUT2D eigenvalue weighted by Gasteiger charge is 2.25. The lowest BCUT2D eigenvalue weighted by atomic mass is 10.2. The number of H-pyrrole nitrogens is 1. The number of nitrogens with one attached hydrogen (secondary N) is 2. The summed E-state index contributed by atoms with van der Waals surface area (Å²) in [4.78, 5) is 11.8. The molecular formula is C9H15N3O. The second kappa shape index (κ2) is 2.73. The maximum absolute atomic E-state index is 11.8. The number of hydrogen-bond donors (Lipinski definition) is 2. The zero-order valence-corrected chi connectivity index (χ0v) is 8.22. The van der Waals surface area contributed by atoms with Gasteiger partial charge in [-0.05, 0) is 20.8 Å². The number of nitrogens with zero attached hydrogens (tertiary/aromatic N) is 1. The molecule has 1 atom stereocenters. The third kappa shape index (κ3) is 1.13. The largest absolute Gasteiger partial charge is 0.304 e. The predicted molar refractivity (Wildman–Crippen MR) is 50.7 cm³/mol. The average Bonchev–Trinajstić information content (AvgIpc) is 2.55. The van der Waals surface area contributed by atoms with E-state index >= 15 is 0 Å². The maximum atomic E-state index is 11.8. The Bertz CT molecular complexity index is 375. The topological polar surface area (TPSA) is 49.8 Å². The Morgan fingerprint density at radius 1 is 1.54 bits per heavy atom. The smallest absolute Gasteiger partial charge is 0.271 e. The number of fused-ring (bicyclic) bond motifs is 1. The molecule has 13 heavy (non-hydrogen) atoms. The minimum Gasteiger partial charge on any atom is -0.304 e. The van der Waals surface area contributed by atoms with Crippen LogP contribution in [0.4, 0.5) is 0 Å². The van der Waals surface area contributed by atoms with Crippen molar-refractivity contribution in [1.82, 2.24) is 15.1 Å². The Hall–Kier alpha value is -1.03. The quantitative estimate of drug-likeness (QED) is 0.677. The zero-order chi connectivity index (χ0) is 9.59. The molecule has 0 saturated heterocycles. The maximum Gasteiger partial charge on any atom is 0.271 e. The average molecular weight is 181 g/mol. The van der Waals surface area contributed by atoms with E-state index in [1.807, 2.05) is 20.8 Å². The summed E-state index contributed by atoms with van der Waals surface area (Å²) in [6, 6.07) is 0.407. The predicted octanol–water partition coefficient (Wildman–Crippen LogP) is 0.921. The third-order valence-corrected chi connectivity index (χ3v) is 2.56. The molecule has 72 valence electrons. The lowest BCUT2D eigenvalue weighted by molar-refractivity contribution is 0.497. The van der Waals surface area contributed by atoms with Gasteiger partial charge in [-0.15, -0.1) is 0 Å². The molecule has 1 aromatic rings. The molecule has 0 aromatic carbocycles. The summed E-state index contributed by atoms with van der Waals surface area (Å²) >= 11 is 0. The van der Waals surface area contributed by atoms with Crippen LogP contribution in [0.3, 0.4) is 0 Å². The molecule has 0 saturated carbocycles. The van der Waals surface area contributed by atoms with E-state index in [1.54, 1.807) is 4.68 Å². The van der Waals surface area contributed by atoms with Crippen LogP contribution < -0.4 is 10.9 Å². The molecule has 2 N–H and O–H groups in total. The van der Waals surface area contributed by atoms with Gasteiger partial charge in [0, 0.05) is 18.6 Å². The summed E-state index contributed by atoms with van der Waals surface area (Å²) in [5.41, 5.74) is 2.09. The molecule has 0 aliphatic carbocycles. The number of aromatic nitrogens is 2. The molecule has 4 heteroatoms. The first-order valence-corrected chi connectivity index (χ1v) is 4.68. The van der Waals surface area contributed by atoms with Crippen molar-refractivity contribution in [3.63, 3.8) is 0 Å². The summed E-state index contributed by atoms with van der Waals surface area (Å²) in [5.74, 6) is 0. The van der Waals surface area contributed by atoms with Crippen molar-refractivity contribution in [2.24, 2.45) is 0 Å². The minimum absolute atomic E-state index is 0.127. The van der Waals surface area contributed by atoms with Crippen molar-refractivity contribution in [3.8, 4) is 0 Å². The highest BCUT2D eigenvalue weighted by Crippen LogP contribution is 2.20. The molecule has 1 aliphatic heterocycles. The molecule has 0 bridgehead atoms. The monoisotopic (exact) mass is 181 g/mol. The van der Waals surface area contributed by atoms with Crippen LogP contribution in [0, 0.1) is 0 Å². The van der Waals surface area contributed by atoms with Gasteiger partial charge in [0.25, 0.3) is 5.56 Å². The van der Waals surface area contributed by atoms with E-state index in [0.29, 0.717) is 0 Å². The molecule has 1 aliphatic rings. The van der Waals surface area contributed by atoms with Crippen molar-refractivity contribution in [2.75, 3.05) is 0 Å². The fourth-order valence-electron chi connectivity index (χ4n) is 1.82. The first-order chi connectivity index (χ1) is 6.11. The van der Waals surface area contributed by atoms with E-state index in [9.17, 15) is 4.79 Å². The number of aromatic amines is 1. The van der Waals surface area contributed by atoms with Gasteiger partial charge >= 0.3 is 0 Å². The minimum atomic E-state index is 0.127. The third-order valence-electron chi connectivity index (χ3n) is 2.56. The molecule has 0 spiro atoms. The van der Waals surface area contributed by atoms with Crippen LogP contribution in [0.2, 0.25) is 0 Å². The van der Waals surface area contributed by atoms with Crippen LogP contribution in [-0.2, 0) is 6.54 Å². The number of rotatable bonds is 1. The summed E-state index contributed by atoms with van der Waals surface area (Å²) < 4.78 is 1.70. The van der Waals surface area contributed by atoms with E-state index < -0.39 is 0 Å². The number of hydrogen-bond acceptors (Lipinski definition) is 2. The fourth-order valence-corrected chi connectivity index (χ4v) is 1.82. The van der Waals surface area contributed by atoms with Gasteiger partial charge in [0.15, 0.2) is 0 Å². The Morgan fingerprint density at radius 3 is 2.77 bits per heavy atom. The molecular weight excluding hydrogens is 166 g/mol. The van der Waals surface area contributed by atoms with Crippen LogP contribution >= 0.6 is 0 Å². The summed E-state index contributed by atoms with van der Waals surface area (Å²) in [7, 11) is 0. The van der Waals surface area contributed by atoms with Crippen LogP contribution in [0.15, 0.2) is 4.79 Å². The Morgan fingerprint density at radius 2 is 2.23 bits per heavy atom. The Balaban J connectivity index is 2.56. The Kier molecular flexibility index (Phi) is 1.80. The van der Waals surface area contributed by atoms with Gasteiger partial charge in [-0.2, -0.15) is 0 Å². The van der Waals surface area contributed by atoms with E-state index in [2.05, 4.69) is 10.4 Å². The van der Waals surface area contributed by atoms with Crippen molar-refractivity contribution in [2.45, 2.75) is 39.4 Å². The van der Waals surface area contributed by atoms with Crippen molar-refractivity contribution in [3.05, 3.63) is 21.6 Å². The van der Waals surface area contributed by atoms with Crippen molar-refractivity contribution in [1.29, 1.82) is 0 Å². The highest BCUT2D eigenvalue weighted by molar-refractivity contribution is 5.25. The molecule has 0 amide bonds. The molecule has 0 fully saturated rings. The summed E-state index contributed by atoms with van der Waals surface area (Å²) in [5, 5.41) is 6.36. The van der Waals surface area contributed by atoms with Gasteiger partial charge in [0.05, 0.1) is 11.3 Å². The van der Waals surface area contributed by atoms with Crippen LogP contribution in [0.25, 0.3) is 0 Å². The van der Waals surface area contributed by atoms with Crippen LogP contribution in [-0.4, -0.2) is 9.78 Å². The van der Waals surface area contributed by atoms with Crippen LogP contribution in [0.5, 0.6) is 0 Å². The SMILES string of the molecule is CC1NCc2[nH]n(C(C)C)c(=O)c21. The van der Waals surface area contributed by atoms with Crippen molar-refractivity contribution < 1.29 is 0 Å². The van der Waals surface area contributed by atoms with E-state index in [4.69, 9.17) is 0 Å². The zero-order valence-electron chi connectivity index (χ0n) is 8.22. The first-order valence-electron chi connectivity index (χ1n) is 4.68. The summed E-state index contributed by atoms with van der Waals surface area (Å²) in [6.07, 6.45) is 0. The van der Waals surface area contributed by atoms with Gasteiger partial charge in [-0.3, -0.25) is 14.6 Å². The molecule has 1 aromatic heterocycles. The van der Waals surface area contributed by atoms with E-state index in [0.717, 1.165) is 17.8 Å². The Labute approximate surface area is 76.9 Å². The van der Waals surface area contributed by atoms with Gasteiger partial charge in [-0.1, -0.05) is 0 Å². The van der Waals surface area contributed by atoms with Crippen LogP contribution in [0.1, 0.15) is 44.1 Å². The fraction of sp³-hybridized carbons (Fsp3) is 0.667. The van der Waals surface area contributed by atoms with Gasteiger partial charge in [0.1, 0.15) is 0 Å². The molecule has 4 nitrogen and oxygen atoms in total.